The largest absolute Gasteiger partial charge is 0.456 e. The van der Waals surface area contributed by atoms with Gasteiger partial charge in [-0.05, 0) is 158 Å². The molecule has 0 radical (unpaired) electrons. The molecule has 0 fully saturated rings. The molecule has 0 amide bonds. The monoisotopic (exact) mass is 1040 g/mol. The first kappa shape index (κ1) is 46.9. The highest BCUT2D eigenvalue weighted by Crippen LogP contribution is 2.54. The van der Waals surface area contributed by atoms with E-state index in [1.54, 1.807) is 0 Å². The number of para-hydroxylation sites is 2. The molecule has 0 saturated heterocycles. The van der Waals surface area contributed by atoms with Gasteiger partial charge in [0.15, 0.2) is 0 Å². The van der Waals surface area contributed by atoms with Crippen LogP contribution in [0.15, 0.2) is 215 Å². The lowest BCUT2D eigenvalue weighted by Gasteiger charge is -2.43. The van der Waals surface area contributed by atoms with Gasteiger partial charge in [0.1, 0.15) is 22.7 Å². The van der Waals surface area contributed by atoms with Crippen molar-refractivity contribution >= 4 is 121 Å². The molecular weight excluding hydrogens is 988 g/mol. The van der Waals surface area contributed by atoms with Gasteiger partial charge in [-0.25, -0.2) is 0 Å². The maximum atomic E-state index is 6.60. The third-order valence-electron chi connectivity index (χ3n) is 16.2. The van der Waals surface area contributed by atoms with Crippen molar-refractivity contribution < 1.29 is 8.83 Å². The molecule has 0 spiro atoms. The Kier molecular flexibility index (Phi) is 10.4. The Hall–Kier alpha value is -8.36. The van der Waals surface area contributed by atoms with Crippen LogP contribution in [0.1, 0.15) is 58.2 Å². The van der Waals surface area contributed by atoms with Crippen LogP contribution >= 0.6 is 22.7 Å². The molecule has 13 aromatic rings. The van der Waals surface area contributed by atoms with Crippen molar-refractivity contribution in [3.63, 3.8) is 0 Å². The third kappa shape index (κ3) is 7.39. The summed E-state index contributed by atoms with van der Waals surface area (Å²) >= 11 is 3.85. The van der Waals surface area contributed by atoms with E-state index < -0.39 is 0 Å². The van der Waals surface area contributed by atoms with Crippen LogP contribution in [0.3, 0.4) is 0 Å². The summed E-state index contributed by atoms with van der Waals surface area (Å²) in [7, 11) is 0. The van der Waals surface area contributed by atoms with Crippen LogP contribution in [0.4, 0.5) is 32.8 Å². The van der Waals surface area contributed by atoms with E-state index in [0.717, 1.165) is 78.2 Å². The summed E-state index contributed by atoms with van der Waals surface area (Å²) in [5, 5.41) is 7.33. The minimum Gasteiger partial charge on any atom is -0.456 e. The first-order valence-electron chi connectivity index (χ1n) is 27.1. The highest BCUT2D eigenvalue weighted by Gasteiger charge is 2.48. The fourth-order valence-electron chi connectivity index (χ4n) is 12.3. The van der Waals surface area contributed by atoms with Crippen molar-refractivity contribution in [1.82, 2.24) is 0 Å². The van der Waals surface area contributed by atoms with E-state index in [4.69, 9.17) is 8.83 Å². The zero-order valence-electron chi connectivity index (χ0n) is 44.7. The molecular formula is C71H55BN2O2S2. The molecule has 0 unspecified atom stereocenters. The quantitative estimate of drug-likeness (QED) is 0.155. The molecule has 0 N–H and O–H groups in total. The standard InChI is InChI=1S/C71H55BN2O2S2/c1-42-34-57-67-58(35-42)74(56-31-27-48(37-52(56)44-20-12-9-13-21-44)62-39-46-23-15-17-25-60(46)76-62)69-66(54-41-50(71(5,6)7)29-33-64(54)78-69)72(67)65-53-40-49(70(2,3)4)28-32-63(53)77-68(65)73(57)55-30-26-47(36-51(55)43-18-10-8-11-19-43)61-38-45-22-14-16-24-59(45)75-61/h8-41H,1-7H3. The highest BCUT2D eigenvalue weighted by molar-refractivity contribution is 7.29. The van der Waals surface area contributed by atoms with E-state index in [1.807, 2.05) is 34.8 Å². The summed E-state index contributed by atoms with van der Waals surface area (Å²) in [5.74, 6) is 1.71. The SMILES string of the molecule is Cc1cc2c3c(c1)N(c1ccc(-c4cc5ccccc5o4)cc1-c1ccccc1)c1sc4ccc(C(C)(C)C)cc4c1B3c1c(sc3ccc(C(C)(C)C)cc13)N2c1ccc(-c2cc3ccccc3o2)cc1-c1ccccc1. The Morgan fingerprint density at radius 1 is 0.385 bits per heavy atom. The Morgan fingerprint density at radius 2 is 0.808 bits per heavy atom. The summed E-state index contributed by atoms with van der Waals surface area (Å²) in [5.41, 5.74) is 20.8. The van der Waals surface area contributed by atoms with Gasteiger partial charge in [-0.15, -0.1) is 22.7 Å². The first-order chi connectivity index (χ1) is 37.8. The van der Waals surface area contributed by atoms with Crippen LogP contribution in [-0.4, -0.2) is 6.71 Å². The van der Waals surface area contributed by atoms with E-state index >= 15 is 0 Å². The number of fused-ring (bicyclic) bond motifs is 10. The van der Waals surface area contributed by atoms with Crippen molar-refractivity contribution in [2.75, 3.05) is 9.80 Å². The highest BCUT2D eigenvalue weighted by atomic mass is 32.1. The van der Waals surface area contributed by atoms with Gasteiger partial charge >= 0.3 is 0 Å². The molecule has 2 aliphatic heterocycles. The average molecular weight is 1040 g/mol. The second-order valence-electron chi connectivity index (χ2n) is 23.4. The van der Waals surface area contributed by atoms with Gasteiger partial charge in [-0.1, -0.05) is 163 Å². The van der Waals surface area contributed by atoms with E-state index in [2.05, 4.69) is 252 Å². The molecule has 4 aromatic heterocycles. The molecule has 78 heavy (non-hydrogen) atoms. The number of anilines is 6. The molecule has 6 heterocycles. The van der Waals surface area contributed by atoms with Gasteiger partial charge in [0.25, 0.3) is 6.71 Å². The molecule has 0 saturated carbocycles. The van der Waals surface area contributed by atoms with Gasteiger partial charge < -0.3 is 18.6 Å². The van der Waals surface area contributed by atoms with Crippen LogP contribution in [0.25, 0.3) is 87.0 Å². The van der Waals surface area contributed by atoms with E-state index in [0.29, 0.717) is 0 Å². The van der Waals surface area contributed by atoms with Gasteiger partial charge in [0.05, 0.1) is 21.4 Å². The van der Waals surface area contributed by atoms with Crippen molar-refractivity contribution in [2.45, 2.75) is 59.3 Å². The second kappa shape index (κ2) is 17.3. The average Bonchev–Trinajstić information content (AvgIpc) is 4.15. The van der Waals surface area contributed by atoms with Crippen molar-refractivity contribution in [3.8, 4) is 44.9 Å². The lowest BCUT2D eigenvalue weighted by molar-refractivity contribution is 0.591. The summed E-state index contributed by atoms with van der Waals surface area (Å²) in [4.78, 5) is 5.26. The minimum atomic E-state index is -0.0777. The molecule has 376 valence electrons. The van der Waals surface area contributed by atoms with Crippen LogP contribution in [0.2, 0.25) is 0 Å². The molecule has 4 nitrogen and oxygen atoms in total. The topological polar surface area (TPSA) is 32.8 Å². The summed E-state index contributed by atoms with van der Waals surface area (Å²) in [6.45, 7) is 16.2. The molecule has 0 atom stereocenters. The van der Waals surface area contributed by atoms with Crippen molar-refractivity contribution in [2.24, 2.45) is 0 Å². The molecule has 7 heteroatoms. The normalized spacial score (nSPS) is 13.2. The van der Waals surface area contributed by atoms with Gasteiger partial charge in [0, 0.05) is 53.8 Å². The number of hydrogen-bond acceptors (Lipinski definition) is 6. The third-order valence-corrected chi connectivity index (χ3v) is 18.6. The maximum absolute atomic E-state index is 6.60. The zero-order valence-corrected chi connectivity index (χ0v) is 46.4. The van der Waals surface area contributed by atoms with E-state index in [1.165, 1.54) is 74.6 Å². The van der Waals surface area contributed by atoms with Crippen molar-refractivity contribution in [3.05, 3.63) is 223 Å². The van der Waals surface area contributed by atoms with Crippen LogP contribution in [0, 0.1) is 6.92 Å². The van der Waals surface area contributed by atoms with Gasteiger partial charge in [0.2, 0.25) is 0 Å². The summed E-state index contributed by atoms with van der Waals surface area (Å²) in [6.07, 6.45) is 0. The Balaban J connectivity index is 1.05. The van der Waals surface area contributed by atoms with Gasteiger partial charge in [-0.2, -0.15) is 0 Å². The van der Waals surface area contributed by atoms with Crippen LogP contribution in [-0.2, 0) is 10.8 Å². The fraction of sp³-hybridized carbons (Fsp3) is 0.127. The van der Waals surface area contributed by atoms with Crippen LogP contribution < -0.4 is 26.2 Å². The minimum absolute atomic E-state index is 0.0574. The Bertz CT molecular complexity index is 4210. The zero-order chi connectivity index (χ0) is 52.8. The lowest BCUT2D eigenvalue weighted by atomic mass is 9.33. The Morgan fingerprint density at radius 3 is 1.23 bits per heavy atom. The smallest absolute Gasteiger partial charge is 0.256 e. The predicted molar refractivity (Wildman–Crippen MR) is 335 cm³/mol. The fourth-order valence-corrected chi connectivity index (χ4v) is 14.8. The summed E-state index contributed by atoms with van der Waals surface area (Å²) < 4.78 is 15.8. The number of rotatable bonds is 6. The lowest BCUT2D eigenvalue weighted by Crippen LogP contribution is -2.60. The number of furan rings is 2. The molecule has 0 aliphatic carbocycles. The number of benzene rings is 9. The molecule has 15 rings (SSSR count). The van der Waals surface area contributed by atoms with Crippen LogP contribution in [0.5, 0.6) is 0 Å². The number of hydrogen-bond donors (Lipinski definition) is 0. The summed E-state index contributed by atoms with van der Waals surface area (Å²) in [6, 6.07) is 76.2. The van der Waals surface area contributed by atoms with E-state index in [9.17, 15) is 0 Å². The molecule has 0 bridgehead atoms. The molecule has 2 aliphatic rings. The Labute approximate surface area is 463 Å². The molecule has 9 aromatic carbocycles. The maximum Gasteiger partial charge on any atom is 0.256 e. The van der Waals surface area contributed by atoms with Gasteiger partial charge in [-0.3, -0.25) is 0 Å². The first-order valence-corrected chi connectivity index (χ1v) is 28.7. The number of thiophene rings is 2. The van der Waals surface area contributed by atoms with Crippen molar-refractivity contribution in [1.29, 1.82) is 0 Å². The number of nitrogens with zero attached hydrogens (tertiary/aromatic N) is 2. The number of aryl methyl sites for hydroxylation is 1. The predicted octanol–water partition coefficient (Wildman–Crippen LogP) is 19.3. The second-order valence-corrected chi connectivity index (χ2v) is 25.4. The van der Waals surface area contributed by atoms with E-state index in [-0.39, 0.29) is 17.5 Å².